The summed E-state index contributed by atoms with van der Waals surface area (Å²) in [5.74, 6) is 0.948. The molecule has 0 fully saturated rings. The highest BCUT2D eigenvalue weighted by atomic mass is 32.1. The smallest absolute Gasteiger partial charge is 0.261 e. The molecule has 0 bridgehead atoms. The third-order valence-electron chi connectivity index (χ3n) is 4.68. The van der Waals surface area contributed by atoms with E-state index in [1.54, 1.807) is 24.4 Å². The van der Waals surface area contributed by atoms with Gasteiger partial charge in [0.05, 0.1) is 16.8 Å². The van der Waals surface area contributed by atoms with Crippen LogP contribution >= 0.6 is 11.3 Å². The number of para-hydroxylation sites is 1. The number of hydrogen-bond donors (Lipinski definition) is 1. The third kappa shape index (κ3) is 4.58. The van der Waals surface area contributed by atoms with Gasteiger partial charge in [-0.05, 0) is 31.5 Å². The minimum absolute atomic E-state index is 0.259. The highest BCUT2D eigenvalue weighted by molar-refractivity contribution is 7.15. The maximum atomic E-state index is 12.8. The molecular weight excluding hydrogens is 398 g/mol. The molecule has 4 rings (SSSR count). The van der Waals surface area contributed by atoms with Crippen molar-refractivity contribution in [3.05, 3.63) is 93.8 Å². The Morgan fingerprint density at radius 2 is 1.87 bits per heavy atom. The number of thiazole rings is 1. The van der Waals surface area contributed by atoms with Crippen molar-refractivity contribution in [3.8, 4) is 5.75 Å². The number of hydrogen-bond acceptors (Lipinski definition) is 6. The van der Waals surface area contributed by atoms with Crippen LogP contribution in [0.2, 0.25) is 0 Å². The monoisotopic (exact) mass is 419 g/mol. The number of aromatic nitrogens is 2. The summed E-state index contributed by atoms with van der Waals surface area (Å²) in [5, 5.41) is 7.37. The van der Waals surface area contributed by atoms with Gasteiger partial charge >= 0.3 is 0 Å². The zero-order valence-corrected chi connectivity index (χ0v) is 17.5. The van der Waals surface area contributed by atoms with Gasteiger partial charge in [0.15, 0.2) is 5.13 Å². The predicted octanol–water partition coefficient (Wildman–Crippen LogP) is 5.17. The van der Waals surface area contributed by atoms with E-state index in [1.807, 2.05) is 38.1 Å². The minimum Gasteiger partial charge on any atom is -0.488 e. The Morgan fingerprint density at radius 1 is 1.10 bits per heavy atom. The number of anilines is 1. The largest absolute Gasteiger partial charge is 0.488 e. The molecule has 0 spiro atoms. The van der Waals surface area contributed by atoms with Crippen LogP contribution in [0.4, 0.5) is 5.13 Å². The van der Waals surface area contributed by atoms with Gasteiger partial charge in [0.25, 0.3) is 5.91 Å². The molecule has 1 amide bonds. The summed E-state index contributed by atoms with van der Waals surface area (Å²) >= 11 is 1.47. The first-order valence-corrected chi connectivity index (χ1v) is 10.4. The van der Waals surface area contributed by atoms with E-state index in [0.29, 0.717) is 22.2 Å². The SMILES string of the molecule is Cc1noc(C)c1COc1ccccc1C(=O)Nc1ncc(Cc2ccccc2)s1. The molecule has 7 heteroatoms. The minimum atomic E-state index is -0.259. The second-order valence-electron chi connectivity index (χ2n) is 6.84. The molecule has 6 nitrogen and oxygen atoms in total. The van der Waals surface area contributed by atoms with E-state index in [9.17, 15) is 4.79 Å². The zero-order chi connectivity index (χ0) is 20.9. The van der Waals surface area contributed by atoms with Crippen molar-refractivity contribution in [1.29, 1.82) is 0 Å². The second kappa shape index (κ2) is 8.92. The Kier molecular flexibility index (Phi) is 5.90. The lowest BCUT2D eigenvalue weighted by molar-refractivity contribution is 0.102. The summed E-state index contributed by atoms with van der Waals surface area (Å²) in [4.78, 5) is 18.3. The summed E-state index contributed by atoms with van der Waals surface area (Å²) in [7, 11) is 0. The summed E-state index contributed by atoms with van der Waals surface area (Å²) in [5.41, 5.74) is 3.32. The first-order valence-electron chi connectivity index (χ1n) is 9.53. The van der Waals surface area contributed by atoms with Gasteiger partial charge in [-0.2, -0.15) is 0 Å². The number of carbonyl (C=O) groups excluding carboxylic acids is 1. The average molecular weight is 420 g/mol. The maximum absolute atomic E-state index is 12.8. The van der Waals surface area contributed by atoms with Crippen molar-refractivity contribution in [2.75, 3.05) is 5.32 Å². The predicted molar refractivity (Wildman–Crippen MR) is 116 cm³/mol. The summed E-state index contributed by atoms with van der Waals surface area (Å²) in [6.45, 7) is 3.99. The number of nitrogens with one attached hydrogen (secondary N) is 1. The van der Waals surface area contributed by atoms with Gasteiger partial charge in [0.2, 0.25) is 0 Å². The van der Waals surface area contributed by atoms with Crippen LogP contribution in [0.5, 0.6) is 5.75 Å². The van der Waals surface area contributed by atoms with Gasteiger partial charge in [-0.3, -0.25) is 10.1 Å². The van der Waals surface area contributed by atoms with E-state index in [1.165, 1.54) is 16.9 Å². The summed E-state index contributed by atoms with van der Waals surface area (Å²) in [6, 6.07) is 17.3. The molecule has 4 aromatic rings. The van der Waals surface area contributed by atoms with E-state index < -0.39 is 0 Å². The number of aryl methyl sites for hydroxylation is 2. The van der Waals surface area contributed by atoms with Crippen LogP contribution in [-0.4, -0.2) is 16.0 Å². The Bertz CT molecular complexity index is 1130. The molecule has 0 unspecified atom stereocenters. The molecule has 1 N–H and O–H groups in total. The molecule has 0 saturated heterocycles. The number of carbonyl (C=O) groups is 1. The van der Waals surface area contributed by atoms with E-state index in [2.05, 4.69) is 27.6 Å². The van der Waals surface area contributed by atoms with Crippen molar-refractivity contribution >= 4 is 22.4 Å². The number of ether oxygens (including phenoxy) is 1. The molecule has 2 aromatic carbocycles. The summed E-state index contributed by atoms with van der Waals surface area (Å²) in [6.07, 6.45) is 2.58. The highest BCUT2D eigenvalue weighted by Crippen LogP contribution is 2.25. The van der Waals surface area contributed by atoms with Crippen molar-refractivity contribution in [2.24, 2.45) is 0 Å². The van der Waals surface area contributed by atoms with E-state index in [-0.39, 0.29) is 12.5 Å². The van der Waals surface area contributed by atoms with E-state index in [4.69, 9.17) is 9.26 Å². The van der Waals surface area contributed by atoms with Crippen LogP contribution in [0.3, 0.4) is 0 Å². The number of amides is 1. The standard InChI is InChI=1S/C23H21N3O3S/c1-15-20(16(2)29-26-15)14-28-21-11-7-6-10-19(21)22(27)25-23-24-13-18(30-23)12-17-8-4-3-5-9-17/h3-11,13H,12,14H2,1-2H3,(H,24,25,27). The zero-order valence-electron chi connectivity index (χ0n) is 16.7. The Morgan fingerprint density at radius 3 is 2.63 bits per heavy atom. The first-order chi connectivity index (χ1) is 14.6. The van der Waals surface area contributed by atoms with Crippen molar-refractivity contribution in [3.63, 3.8) is 0 Å². The fourth-order valence-corrected chi connectivity index (χ4v) is 3.89. The fraction of sp³-hybridized carbons (Fsp3) is 0.174. The van der Waals surface area contributed by atoms with Crippen molar-refractivity contribution < 1.29 is 14.1 Å². The van der Waals surface area contributed by atoms with Crippen LogP contribution in [0.1, 0.15) is 37.8 Å². The van der Waals surface area contributed by atoms with E-state index >= 15 is 0 Å². The molecule has 0 aliphatic rings. The lowest BCUT2D eigenvalue weighted by Gasteiger charge is -2.10. The number of rotatable bonds is 7. The summed E-state index contributed by atoms with van der Waals surface area (Å²) < 4.78 is 11.1. The van der Waals surface area contributed by atoms with E-state index in [0.717, 1.165) is 22.6 Å². The molecular formula is C23H21N3O3S. The molecule has 0 radical (unpaired) electrons. The van der Waals surface area contributed by atoms with Crippen LogP contribution in [0.25, 0.3) is 0 Å². The molecule has 0 saturated carbocycles. The molecule has 152 valence electrons. The Balaban J connectivity index is 1.44. The lowest BCUT2D eigenvalue weighted by Crippen LogP contribution is -2.13. The topological polar surface area (TPSA) is 77.2 Å². The quantitative estimate of drug-likeness (QED) is 0.447. The molecule has 0 aliphatic carbocycles. The third-order valence-corrected chi connectivity index (χ3v) is 5.59. The van der Waals surface area contributed by atoms with Gasteiger partial charge < -0.3 is 9.26 Å². The van der Waals surface area contributed by atoms with Crippen molar-refractivity contribution in [2.45, 2.75) is 26.9 Å². The Labute approximate surface area is 178 Å². The fourth-order valence-electron chi connectivity index (χ4n) is 3.05. The van der Waals surface area contributed by atoms with Gasteiger partial charge in [-0.15, -0.1) is 11.3 Å². The number of benzene rings is 2. The average Bonchev–Trinajstić information content (AvgIpc) is 3.33. The van der Waals surface area contributed by atoms with Crippen LogP contribution in [-0.2, 0) is 13.0 Å². The van der Waals surface area contributed by atoms with Gasteiger partial charge in [0, 0.05) is 17.5 Å². The first kappa shape index (κ1) is 19.8. The molecule has 0 atom stereocenters. The van der Waals surface area contributed by atoms with Crippen molar-refractivity contribution in [1.82, 2.24) is 10.1 Å². The number of nitrogens with zero attached hydrogens (tertiary/aromatic N) is 2. The van der Waals surface area contributed by atoms with Gasteiger partial charge in [-0.1, -0.05) is 47.6 Å². The molecule has 30 heavy (non-hydrogen) atoms. The van der Waals surface area contributed by atoms with Gasteiger partial charge in [0.1, 0.15) is 18.1 Å². The van der Waals surface area contributed by atoms with Crippen LogP contribution < -0.4 is 10.1 Å². The second-order valence-corrected chi connectivity index (χ2v) is 7.95. The lowest BCUT2D eigenvalue weighted by atomic mass is 10.1. The molecule has 0 aliphatic heterocycles. The normalized spacial score (nSPS) is 10.7. The van der Waals surface area contributed by atoms with Crippen LogP contribution in [0, 0.1) is 13.8 Å². The van der Waals surface area contributed by atoms with Gasteiger partial charge in [-0.25, -0.2) is 4.98 Å². The molecule has 2 heterocycles. The Hall–Kier alpha value is -3.45. The van der Waals surface area contributed by atoms with Crippen LogP contribution in [0.15, 0.2) is 65.3 Å². The maximum Gasteiger partial charge on any atom is 0.261 e. The highest BCUT2D eigenvalue weighted by Gasteiger charge is 2.16. The molecule has 2 aromatic heterocycles.